The largest absolute Gasteiger partial charge is 0.455 e. The van der Waals surface area contributed by atoms with Crippen LogP contribution < -0.4 is 5.73 Å². The zero-order valence-electron chi connectivity index (χ0n) is 11.2. The number of hydrogen-bond donors (Lipinski definition) is 1. The molecule has 0 radical (unpaired) electrons. The zero-order chi connectivity index (χ0) is 13.3. The molecule has 2 rings (SSSR count). The van der Waals surface area contributed by atoms with Gasteiger partial charge in [-0.25, -0.2) is 0 Å². The minimum Gasteiger partial charge on any atom is -0.455 e. The molecule has 2 unspecified atom stereocenters. The molecule has 2 N–H and O–H groups in total. The zero-order valence-corrected chi connectivity index (χ0v) is 11.2. The van der Waals surface area contributed by atoms with Gasteiger partial charge in [-0.3, -0.25) is 4.79 Å². The van der Waals surface area contributed by atoms with Crippen molar-refractivity contribution in [3.05, 3.63) is 23.7 Å². The van der Waals surface area contributed by atoms with Crippen molar-refractivity contribution in [2.75, 3.05) is 27.2 Å². The summed E-state index contributed by atoms with van der Waals surface area (Å²) in [5.41, 5.74) is 5.48. The van der Waals surface area contributed by atoms with Crippen LogP contribution in [0.2, 0.25) is 0 Å². The van der Waals surface area contributed by atoms with Crippen LogP contribution in [0.4, 0.5) is 0 Å². The maximum Gasteiger partial charge on any atom is 0.289 e. The van der Waals surface area contributed by atoms with E-state index in [1.54, 1.807) is 12.1 Å². The molecule has 1 aliphatic heterocycles. The molecule has 0 bridgehead atoms. The minimum atomic E-state index is -0.0362. The van der Waals surface area contributed by atoms with Crippen LogP contribution >= 0.6 is 0 Å². The Balaban J connectivity index is 2.07. The number of carbonyl (C=O) groups is 1. The average molecular weight is 251 g/mol. The van der Waals surface area contributed by atoms with Gasteiger partial charge in [-0.15, -0.1) is 0 Å². The van der Waals surface area contributed by atoms with Crippen molar-refractivity contribution in [2.24, 2.45) is 11.7 Å². The molecule has 1 amide bonds. The van der Waals surface area contributed by atoms with Crippen molar-refractivity contribution in [1.82, 2.24) is 9.80 Å². The molecule has 0 aromatic carbocycles. The highest BCUT2D eigenvalue weighted by Crippen LogP contribution is 2.22. The Morgan fingerprint density at radius 1 is 1.50 bits per heavy atom. The van der Waals surface area contributed by atoms with Crippen LogP contribution in [0, 0.1) is 5.92 Å². The SMILES string of the molecule is CC1CN(C(=O)c2ccc(CN)o2)CC1N(C)C. The topological polar surface area (TPSA) is 62.7 Å². The molecular formula is C13H21N3O2. The standard InChI is InChI=1S/C13H21N3O2/c1-9-7-16(8-11(9)15(2)3)13(17)12-5-4-10(6-14)18-12/h4-5,9,11H,6-8,14H2,1-3H3. The van der Waals surface area contributed by atoms with Gasteiger partial charge >= 0.3 is 0 Å². The van der Waals surface area contributed by atoms with Crippen LogP contribution in [0.25, 0.3) is 0 Å². The van der Waals surface area contributed by atoms with Crippen molar-refractivity contribution in [3.8, 4) is 0 Å². The Kier molecular flexibility index (Phi) is 3.73. The number of nitrogens with zero attached hydrogens (tertiary/aromatic N) is 2. The van der Waals surface area contributed by atoms with Gasteiger partial charge < -0.3 is 20.0 Å². The summed E-state index contributed by atoms with van der Waals surface area (Å²) in [5, 5.41) is 0. The quantitative estimate of drug-likeness (QED) is 0.861. The summed E-state index contributed by atoms with van der Waals surface area (Å²) >= 11 is 0. The lowest BCUT2D eigenvalue weighted by atomic mass is 10.1. The number of hydrogen-bond acceptors (Lipinski definition) is 4. The molecule has 2 atom stereocenters. The van der Waals surface area contributed by atoms with E-state index < -0.39 is 0 Å². The molecule has 0 spiro atoms. The van der Waals surface area contributed by atoms with Crippen molar-refractivity contribution in [3.63, 3.8) is 0 Å². The summed E-state index contributed by atoms with van der Waals surface area (Å²) in [7, 11) is 4.10. The first-order valence-corrected chi connectivity index (χ1v) is 6.27. The highest BCUT2D eigenvalue weighted by Gasteiger charge is 2.34. The summed E-state index contributed by atoms with van der Waals surface area (Å²) in [5.74, 6) is 1.48. The van der Waals surface area contributed by atoms with Crippen molar-refractivity contribution < 1.29 is 9.21 Å². The molecule has 1 aromatic heterocycles. The first kappa shape index (κ1) is 13.1. The third-order valence-electron chi connectivity index (χ3n) is 3.60. The lowest BCUT2D eigenvalue weighted by Gasteiger charge is -2.22. The summed E-state index contributed by atoms with van der Waals surface area (Å²) < 4.78 is 5.41. The predicted molar refractivity (Wildman–Crippen MR) is 69.1 cm³/mol. The van der Waals surface area contributed by atoms with Gasteiger partial charge in [0.15, 0.2) is 5.76 Å². The lowest BCUT2D eigenvalue weighted by Crippen LogP contribution is -2.35. The first-order valence-electron chi connectivity index (χ1n) is 6.27. The number of furan rings is 1. The van der Waals surface area contributed by atoms with Crippen molar-refractivity contribution in [2.45, 2.75) is 19.5 Å². The Morgan fingerprint density at radius 2 is 2.22 bits per heavy atom. The fraction of sp³-hybridized carbons (Fsp3) is 0.615. The van der Waals surface area contributed by atoms with Gasteiger partial charge in [-0.2, -0.15) is 0 Å². The summed E-state index contributed by atoms with van der Waals surface area (Å²) in [6, 6.07) is 3.88. The van der Waals surface area contributed by atoms with Gasteiger partial charge in [0.05, 0.1) is 6.54 Å². The fourth-order valence-corrected chi connectivity index (χ4v) is 2.55. The van der Waals surface area contributed by atoms with Crippen molar-refractivity contribution in [1.29, 1.82) is 0 Å². The monoisotopic (exact) mass is 251 g/mol. The molecule has 1 saturated heterocycles. The second-order valence-electron chi connectivity index (χ2n) is 5.19. The molecule has 100 valence electrons. The number of likely N-dealkylation sites (N-methyl/N-ethyl adjacent to an activating group) is 1. The third-order valence-corrected chi connectivity index (χ3v) is 3.60. The van der Waals surface area contributed by atoms with Gasteiger partial charge in [-0.05, 0) is 32.1 Å². The second kappa shape index (κ2) is 5.12. The molecule has 0 aliphatic carbocycles. The molecule has 2 heterocycles. The normalized spacial score (nSPS) is 23.9. The molecule has 1 fully saturated rings. The number of carbonyl (C=O) groups excluding carboxylic acids is 1. The van der Waals surface area contributed by atoms with Gasteiger partial charge in [-0.1, -0.05) is 6.92 Å². The van der Waals surface area contributed by atoms with E-state index in [0.29, 0.717) is 30.0 Å². The Hall–Kier alpha value is -1.33. The Bertz CT molecular complexity index is 428. The number of likely N-dealkylation sites (tertiary alicyclic amines) is 1. The smallest absolute Gasteiger partial charge is 0.289 e. The summed E-state index contributed by atoms with van der Waals surface area (Å²) in [6.07, 6.45) is 0. The van der Waals surface area contributed by atoms with E-state index in [2.05, 4.69) is 25.9 Å². The molecular weight excluding hydrogens is 230 g/mol. The highest BCUT2D eigenvalue weighted by atomic mass is 16.4. The second-order valence-corrected chi connectivity index (χ2v) is 5.19. The number of amides is 1. The van der Waals surface area contributed by atoms with Crippen LogP contribution in [-0.4, -0.2) is 48.9 Å². The Labute approximate surface area is 108 Å². The number of rotatable bonds is 3. The van der Waals surface area contributed by atoms with Gasteiger partial charge in [0.1, 0.15) is 5.76 Å². The van der Waals surface area contributed by atoms with Gasteiger partial charge in [0, 0.05) is 19.1 Å². The third kappa shape index (κ3) is 2.42. The molecule has 1 aromatic rings. The molecule has 0 saturated carbocycles. The van der Waals surface area contributed by atoms with E-state index in [0.717, 1.165) is 13.1 Å². The van der Waals surface area contributed by atoms with E-state index in [1.165, 1.54) is 0 Å². The van der Waals surface area contributed by atoms with E-state index in [-0.39, 0.29) is 5.91 Å². The molecule has 5 heteroatoms. The van der Waals surface area contributed by atoms with Gasteiger partial charge in [0.2, 0.25) is 0 Å². The lowest BCUT2D eigenvalue weighted by molar-refractivity contribution is 0.0748. The maximum absolute atomic E-state index is 12.3. The average Bonchev–Trinajstić information content (AvgIpc) is 2.94. The van der Waals surface area contributed by atoms with Crippen LogP contribution in [0.15, 0.2) is 16.5 Å². The minimum absolute atomic E-state index is 0.0362. The Morgan fingerprint density at radius 3 is 2.72 bits per heavy atom. The van der Waals surface area contributed by atoms with E-state index in [4.69, 9.17) is 10.2 Å². The first-order chi connectivity index (χ1) is 8.52. The van der Waals surface area contributed by atoms with Crippen molar-refractivity contribution >= 4 is 5.91 Å². The van der Waals surface area contributed by atoms with E-state index in [1.807, 2.05) is 4.90 Å². The maximum atomic E-state index is 12.3. The van der Waals surface area contributed by atoms with Crippen LogP contribution in [-0.2, 0) is 6.54 Å². The summed E-state index contributed by atoms with van der Waals surface area (Å²) in [6.45, 7) is 4.03. The van der Waals surface area contributed by atoms with E-state index >= 15 is 0 Å². The molecule has 18 heavy (non-hydrogen) atoms. The summed E-state index contributed by atoms with van der Waals surface area (Å²) in [4.78, 5) is 16.3. The predicted octanol–water partition coefficient (Wildman–Crippen LogP) is 0.760. The fourth-order valence-electron chi connectivity index (χ4n) is 2.55. The van der Waals surface area contributed by atoms with E-state index in [9.17, 15) is 4.79 Å². The van der Waals surface area contributed by atoms with Crippen LogP contribution in [0.3, 0.4) is 0 Å². The van der Waals surface area contributed by atoms with Crippen LogP contribution in [0.1, 0.15) is 23.2 Å². The number of nitrogens with two attached hydrogens (primary N) is 1. The van der Waals surface area contributed by atoms with Gasteiger partial charge in [0.25, 0.3) is 5.91 Å². The molecule has 1 aliphatic rings. The molecule has 5 nitrogen and oxygen atoms in total. The van der Waals surface area contributed by atoms with Crippen LogP contribution in [0.5, 0.6) is 0 Å². The highest BCUT2D eigenvalue weighted by molar-refractivity contribution is 5.91.